The number of hydrogen-bond acceptors (Lipinski definition) is 8. The second-order valence-electron chi connectivity index (χ2n) is 7.28. The highest BCUT2D eigenvalue weighted by Gasteiger charge is 2.36. The van der Waals surface area contributed by atoms with E-state index in [9.17, 15) is 14.4 Å². The number of rotatable bonds is 2. The first-order valence-corrected chi connectivity index (χ1v) is 10.2. The Balaban J connectivity index is 0.000000277. The zero-order chi connectivity index (χ0) is 25.0. The largest absolute Gasteiger partial charge is 0.465 e. The molecule has 0 aliphatic heterocycles. The molecule has 2 aliphatic carbocycles. The van der Waals surface area contributed by atoms with Crippen LogP contribution in [0.15, 0.2) is 36.4 Å². The molecule has 4 rings (SSSR count). The van der Waals surface area contributed by atoms with E-state index in [4.69, 9.17) is 23.9 Å². The molecule has 0 spiro atoms. The normalized spacial score (nSPS) is 14.5. The first-order chi connectivity index (χ1) is 15.7. The van der Waals surface area contributed by atoms with Gasteiger partial charge in [0, 0.05) is 17.5 Å². The minimum absolute atomic E-state index is 0.0999. The summed E-state index contributed by atoms with van der Waals surface area (Å²) in [7, 11) is 0. The molecule has 2 aliphatic rings. The van der Waals surface area contributed by atoms with Crippen LogP contribution < -0.4 is 0 Å². The number of aryl methyl sites for hydroxylation is 3. The Kier molecular flexibility index (Phi) is 11.0. The van der Waals surface area contributed by atoms with E-state index in [1.807, 2.05) is 38.1 Å². The van der Waals surface area contributed by atoms with E-state index >= 15 is 0 Å². The van der Waals surface area contributed by atoms with E-state index < -0.39 is 11.9 Å². The molecule has 2 aromatic rings. The van der Waals surface area contributed by atoms with Crippen molar-refractivity contribution in [1.29, 1.82) is 0 Å². The van der Waals surface area contributed by atoms with Crippen LogP contribution in [0, 0.1) is 19.8 Å². The minimum atomic E-state index is -0.628. The molecule has 8 nitrogen and oxygen atoms in total. The number of carbonyl (C=O) groups is 3. The van der Waals surface area contributed by atoms with Gasteiger partial charge in [-0.3, -0.25) is 14.4 Å². The van der Waals surface area contributed by atoms with Crippen molar-refractivity contribution in [2.45, 2.75) is 40.0 Å². The summed E-state index contributed by atoms with van der Waals surface area (Å²) in [5.41, 5.74) is 6.02. The highest BCUT2D eigenvalue weighted by Crippen LogP contribution is 2.28. The SMILES string of the molecule is CCOC(=O)C1Cc2ccc(C)cc2C1=O.Cc1ccc2c(c1)C(=O)CC2.O=C=O.O=C=O. The standard InChI is InChI=1S/C13H14O3.C10H10O.2CO2/c1-3-16-13(15)11-7-9-5-4-8(2)6-10(9)12(11)14;1-7-2-3-8-4-5-10(11)9(8)6-7;2*2-1-3/h4-6,11H,3,7H2,1-2H3;2-3,6H,4-5H2,1H3;;. The predicted molar refractivity (Wildman–Crippen MR) is 113 cm³/mol. The third-order valence-electron chi connectivity index (χ3n) is 5.03. The third-order valence-corrected chi connectivity index (χ3v) is 5.03. The summed E-state index contributed by atoms with van der Waals surface area (Å²) in [4.78, 5) is 67.2. The number of ketones is 2. The van der Waals surface area contributed by atoms with Crippen molar-refractivity contribution in [3.05, 3.63) is 69.8 Å². The van der Waals surface area contributed by atoms with Crippen LogP contribution in [0.5, 0.6) is 0 Å². The van der Waals surface area contributed by atoms with Gasteiger partial charge in [-0.15, -0.1) is 0 Å². The Hall–Kier alpha value is -3.99. The summed E-state index contributed by atoms with van der Waals surface area (Å²) in [5, 5.41) is 0. The minimum Gasteiger partial charge on any atom is -0.465 e. The van der Waals surface area contributed by atoms with Crippen LogP contribution in [0.3, 0.4) is 0 Å². The van der Waals surface area contributed by atoms with Crippen molar-refractivity contribution < 1.29 is 38.3 Å². The predicted octanol–water partition coefficient (Wildman–Crippen LogP) is 2.87. The van der Waals surface area contributed by atoms with Gasteiger partial charge >= 0.3 is 18.3 Å². The van der Waals surface area contributed by atoms with E-state index in [1.54, 1.807) is 6.92 Å². The van der Waals surface area contributed by atoms with Crippen molar-refractivity contribution in [2.75, 3.05) is 6.61 Å². The van der Waals surface area contributed by atoms with E-state index in [0.717, 1.165) is 23.1 Å². The summed E-state index contributed by atoms with van der Waals surface area (Å²) in [6.45, 7) is 6.02. The molecule has 0 amide bonds. The molecular formula is C25H24O8. The van der Waals surface area contributed by atoms with E-state index in [-0.39, 0.29) is 18.1 Å². The summed E-state index contributed by atoms with van der Waals surface area (Å²) >= 11 is 0. The zero-order valence-corrected chi connectivity index (χ0v) is 18.6. The van der Waals surface area contributed by atoms with Crippen LogP contribution in [0.2, 0.25) is 0 Å². The number of benzene rings is 2. The smallest absolute Gasteiger partial charge is 0.373 e. The van der Waals surface area contributed by atoms with Gasteiger partial charge in [0.25, 0.3) is 0 Å². The molecule has 0 saturated heterocycles. The maximum atomic E-state index is 12.0. The molecule has 2 aromatic carbocycles. The van der Waals surface area contributed by atoms with Gasteiger partial charge in [-0.1, -0.05) is 35.4 Å². The number of carbonyl (C=O) groups excluding carboxylic acids is 7. The van der Waals surface area contributed by atoms with E-state index in [0.29, 0.717) is 30.8 Å². The van der Waals surface area contributed by atoms with Crippen LogP contribution in [0.4, 0.5) is 0 Å². The Bertz CT molecular complexity index is 1080. The molecule has 0 bridgehead atoms. The quantitative estimate of drug-likeness (QED) is 0.502. The lowest BCUT2D eigenvalue weighted by Gasteiger charge is -2.06. The van der Waals surface area contributed by atoms with Gasteiger partial charge in [0.1, 0.15) is 5.92 Å². The van der Waals surface area contributed by atoms with Crippen molar-refractivity contribution in [1.82, 2.24) is 0 Å². The van der Waals surface area contributed by atoms with E-state index in [2.05, 4.69) is 12.1 Å². The Morgan fingerprint density at radius 2 is 1.39 bits per heavy atom. The molecule has 1 atom stereocenters. The zero-order valence-electron chi connectivity index (χ0n) is 18.6. The molecule has 1 unspecified atom stereocenters. The Morgan fingerprint density at radius 1 is 0.879 bits per heavy atom. The van der Waals surface area contributed by atoms with Crippen molar-refractivity contribution in [3.63, 3.8) is 0 Å². The lowest BCUT2D eigenvalue weighted by atomic mass is 10.1. The summed E-state index contributed by atoms with van der Waals surface area (Å²) < 4.78 is 4.90. The average Bonchev–Trinajstić information content (AvgIpc) is 3.30. The average molecular weight is 452 g/mol. The number of esters is 1. The van der Waals surface area contributed by atoms with Crippen LogP contribution in [0.1, 0.15) is 56.3 Å². The van der Waals surface area contributed by atoms with Gasteiger partial charge in [-0.25, -0.2) is 0 Å². The van der Waals surface area contributed by atoms with Crippen LogP contribution >= 0.6 is 0 Å². The topological polar surface area (TPSA) is 129 Å². The molecule has 33 heavy (non-hydrogen) atoms. The van der Waals surface area contributed by atoms with Gasteiger partial charge in [-0.2, -0.15) is 19.2 Å². The van der Waals surface area contributed by atoms with Crippen LogP contribution in [-0.4, -0.2) is 36.4 Å². The number of ether oxygens (including phenoxy) is 1. The molecule has 0 N–H and O–H groups in total. The lowest BCUT2D eigenvalue weighted by molar-refractivity contribution is -0.193. The second kappa shape index (κ2) is 13.4. The summed E-state index contributed by atoms with van der Waals surface area (Å²) in [6.07, 6.45) is 2.63. The molecule has 0 radical (unpaired) electrons. The van der Waals surface area contributed by atoms with Crippen molar-refractivity contribution in [3.8, 4) is 0 Å². The lowest BCUT2D eigenvalue weighted by Crippen LogP contribution is -2.23. The Labute approximate surface area is 190 Å². The highest BCUT2D eigenvalue weighted by atomic mass is 16.5. The van der Waals surface area contributed by atoms with Crippen LogP contribution in [0.25, 0.3) is 0 Å². The maximum Gasteiger partial charge on any atom is 0.373 e. The van der Waals surface area contributed by atoms with E-state index in [1.165, 1.54) is 11.1 Å². The fraction of sp³-hybridized carbons (Fsp3) is 0.320. The fourth-order valence-corrected chi connectivity index (χ4v) is 3.58. The molecule has 172 valence electrons. The number of Topliss-reactive ketones (excluding diaryl/α,β-unsaturated/α-hetero) is 2. The summed E-state index contributed by atoms with van der Waals surface area (Å²) in [5.74, 6) is -0.820. The monoisotopic (exact) mass is 452 g/mol. The summed E-state index contributed by atoms with van der Waals surface area (Å²) in [6, 6.07) is 11.8. The maximum absolute atomic E-state index is 12.0. The van der Waals surface area contributed by atoms with Crippen LogP contribution in [-0.2, 0) is 41.6 Å². The first-order valence-electron chi connectivity index (χ1n) is 10.2. The fourth-order valence-electron chi connectivity index (χ4n) is 3.58. The molecule has 8 heteroatoms. The molecule has 0 heterocycles. The molecule has 0 aromatic heterocycles. The van der Waals surface area contributed by atoms with Gasteiger partial charge < -0.3 is 4.74 Å². The second-order valence-corrected chi connectivity index (χ2v) is 7.28. The van der Waals surface area contributed by atoms with Gasteiger partial charge in [0.05, 0.1) is 6.61 Å². The van der Waals surface area contributed by atoms with Gasteiger partial charge in [0.15, 0.2) is 11.6 Å². The number of fused-ring (bicyclic) bond motifs is 2. The first kappa shape index (κ1) is 27.0. The van der Waals surface area contributed by atoms with Crippen molar-refractivity contribution >= 4 is 29.8 Å². The van der Waals surface area contributed by atoms with Gasteiger partial charge in [-0.05, 0) is 56.9 Å². The molecular weight excluding hydrogens is 428 g/mol. The number of hydrogen-bond donors (Lipinski definition) is 0. The molecule has 0 fully saturated rings. The third kappa shape index (κ3) is 7.58. The molecule has 0 saturated carbocycles. The van der Waals surface area contributed by atoms with Gasteiger partial charge in [0.2, 0.25) is 0 Å². The Morgan fingerprint density at radius 3 is 1.94 bits per heavy atom. The highest BCUT2D eigenvalue weighted by molar-refractivity contribution is 6.12. The van der Waals surface area contributed by atoms with Crippen molar-refractivity contribution in [2.24, 2.45) is 5.92 Å².